The Balaban J connectivity index is 2.68. The maximum atomic E-state index is 10.4. The molecule has 1 unspecified atom stereocenters. The smallest absolute Gasteiger partial charge is 0.0956 e. The Hall–Kier alpha value is -0.120. The van der Waals surface area contributed by atoms with Gasteiger partial charge in [-0.25, -0.2) is 0 Å². The molecule has 0 saturated carbocycles. The second-order valence-corrected chi connectivity index (χ2v) is 4.68. The first-order valence-electron chi connectivity index (χ1n) is 6.72. The zero-order valence-electron chi connectivity index (χ0n) is 11.0. The van der Waals surface area contributed by atoms with Crippen molar-refractivity contribution in [3.63, 3.8) is 0 Å². The standard InChI is InChI=1S/C13H27NO2/c1-4-13(5-2,12(15)11-16-6-3)14-9-7-8-10-14/h12,15H,4-11H2,1-3H3. The van der Waals surface area contributed by atoms with Crippen LogP contribution in [0, 0.1) is 0 Å². The van der Waals surface area contributed by atoms with Gasteiger partial charge in [0.2, 0.25) is 0 Å². The van der Waals surface area contributed by atoms with Gasteiger partial charge in [0.25, 0.3) is 0 Å². The van der Waals surface area contributed by atoms with Crippen molar-refractivity contribution in [1.29, 1.82) is 0 Å². The van der Waals surface area contributed by atoms with E-state index < -0.39 is 0 Å². The monoisotopic (exact) mass is 229 g/mol. The number of ether oxygens (including phenoxy) is 1. The maximum absolute atomic E-state index is 10.4. The molecular formula is C13H27NO2. The summed E-state index contributed by atoms with van der Waals surface area (Å²) in [4.78, 5) is 2.47. The van der Waals surface area contributed by atoms with Crippen LogP contribution in [0.4, 0.5) is 0 Å². The van der Waals surface area contributed by atoms with Crippen LogP contribution in [-0.2, 0) is 4.74 Å². The zero-order chi connectivity index (χ0) is 12.0. The van der Waals surface area contributed by atoms with Crippen LogP contribution in [0.1, 0.15) is 46.5 Å². The van der Waals surface area contributed by atoms with Crippen LogP contribution in [0.25, 0.3) is 0 Å². The Bertz CT molecular complexity index is 186. The molecule has 1 aliphatic rings. The van der Waals surface area contributed by atoms with Crippen LogP contribution in [-0.4, -0.2) is 48.0 Å². The summed E-state index contributed by atoms with van der Waals surface area (Å²) in [6, 6.07) is 0. The minimum Gasteiger partial charge on any atom is -0.389 e. The second-order valence-electron chi connectivity index (χ2n) is 4.68. The van der Waals surface area contributed by atoms with Crippen molar-refractivity contribution in [2.75, 3.05) is 26.3 Å². The molecule has 1 rings (SSSR count). The molecule has 16 heavy (non-hydrogen) atoms. The molecule has 1 heterocycles. The third kappa shape index (κ3) is 2.76. The highest BCUT2D eigenvalue weighted by Gasteiger charge is 2.41. The normalized spacial score (nSPS) is 20.2. The largest absolute Gasteiger partial charge is 0.389 e. The predicted molar refractivity (Wildman–Crippen MR) is 66.6 cm³/mol. The number of hydrogen-bond acceptors (Lipinski definition) is 3. The van der Waals surface area contributed by atoms with E-state index in [1.54, 1.807) is 0 Å². The minimum absolute atomic E-state index is 0.0638. The third-order valence-corrected chi connectivity index (χ3v) is 4.06. The first-order valence-corrected chi connectivity index (χ1v) is 6.72. The first-order chi connectivity index (χ1) is 7.71. The highest BCUT2D eigenvalue weighted by molar-refractivity contribution is 4.96. The highest BCUT2D eigenvalue weighted by Crippen LogP contribution is 2.31. The van der Waals surface area contributed by atoms with Crippen LogP contribution < -0.4 is 0 Å². The first kappa shape index (κ1) is 13.9. The molecule has 0 amide bonds. The van der Waals surface area contributed by atoms with Gasteiger partial charge in [0.1, 0.15) is 0 Å². The van der Waals surface area contributed by atoms with Crippen molar-refractivity contribution in [3.05, 3.63) is 0 Å². The van der Waals surface area contributed by atoms with Gasteiger partial charge >= 0.3 is 0 Å². The lowest BCUT2D eigenvalue weighted by Crippen LogP contribution is -2.56. The summed E-state index contributed by atoms with van der Waals surface area (Å²) in [5.74, 6) is 0. The summed E-state index contributed by atoms with van der Waals surface area (Å²) in [5, 5.41) is 10.4. The summed E-state index contributed by atoms with van der Waals surface area (Å²) < 4.78 is 5.39. The Morgan fingerprint density at radius 1 is 1.19 bits per heavy atom. The molecular weight excluding hydrogens is 202 g/mol. The third-order valence-electron chi connectivity index (χ3n) is 4.06. The average molecular weight is 229 g/mol. The van der Waals surface area contributed by atoms with E-state index in [1.807, 2.05) is 6.92 Å². The molecule has 0 aromatic heterocycles. The van der Waals surface area contributed by atoms with Crippen molar-refractivity contribution in [2.24, 2.45) is 0 Å². The van der Waals surface area contributed by atoms with Crippen LogP contribution in [0.3, 0.4) is 0 Å². The molecule has 96 valence electrons. The average Bonchev–Trinajstić information content (AvgIpc) is 2.83. The van der Waals surface area contributed by atoms with E-state index in [4.69, 9.17) is 4.74 Å². The van der Waals surface area contributed by atoms with Gasteiger partial charge in [-0.2, -0.15) is 0 Å². The molecule has 0 aromatic carbocycles. The van der Waals surface area contributed by atoms with E-state index in [9.17, 15) is 5.11 Å². The lowest BCUT2D eigenvalue weighted by atomic mass is 9.85. The van der Waals surface area contributed by atoms with Crippen LogP contribution >= 0.6 is 0 Å². The second kappa shape index (κ2) is 6.58. The molecule has 0 bridgehead atoms. The molecule has 1 saturated heterocycles. The lowest BCUT2D eigenvalue weighted by Gasteiger charge is -2.44. The van der Waals surface area contributed by atoms with E-state index in [0.717, 1.165) is 25.9 Å². The Morgan fingerprint density at radius 2 is 1.75 bits per heavy atom. The van der Waals surface area contributed by atoms with Gasteiger partial charge in [0, 0.05) is 12.1 Å². The number of rotatable bonds is 7. The molecule has 0 spiro atoms. The topological polar surface area (TPSA) is 32.7 Å². The molecule has 0 radical (unpaired) electrons. The number of likely N-dealkylation sites (tertiary alicyclic amines) is 1. The molecule has 1 atom stereocenters. The fraction of sp³-hybridized carbons (Fsp3) is 1.00. The lowest BCUT2D eigenvalue weighted by molar-refractivity contribution is -0.0688. The molecule has 0 aromatic rings. The minimum atomic E-state index is -0.361. The fourth-order valence-corrected chi connectivity index (χ4v) is 2.93. The highest BCUT2D eigenvalue weighted by atomic mass is 16.5. The fourth-order valence-electron chi connectivity index (χ4n) is 2.93. The zero-order valence-corrected chi connectivity index (χ0v) is 11.0. The van der Waals surface area contributed by atoms with E-state index in [-0.39, 0.29) is 11.6 Å². The van der Waals surface area contributed by atoms with Crippen molar-refractivity contribution >= 4 is 0 Å². The van der Waals surface area contributed by atoms with Crippen LogP contribution in [0.2, 0.25) is 0 Å². The van der Waals surface area contributed by atoms with Crippen molar-refractivity contribution in [1.82, 2.24) is 4.90 Å². The summed E-state index contributed by atoms with van der Waals surface area (Å²) in [7, 11) is 0. The molecule has 0 aliphatic carbocycles. The number of aliphatic hydroxyl groups excluding tert-OH is 1. The van der Waals surface area contributed by atoms with Gasteiger partial charge in [-0.1, -0.05) is 13.8 Å². The SMILES string of the molecule is CCOCC(O)C(CC)(CC)N1CCCC1. The Labute approximate surface area is 99.8 Å². The molecule has 1 N–H and O–H groups in total. The van der Waals surface area contributed by atoms with E-state index >= 15 is 0 Å². The van der Waals surface area contributed by atoms with E-state index in [1.165, 1.54) is 12.8 Å². The van der Waals surface area contributed by atoms with Gasteiger partial charge in [-0.15, -0.1) is 0 Å². The quantitative estimate of drug-likeness (QED) is 0.725. The summed E-state index contributed by atoms with van der Waals surface area (Å²) in [6.45, 7) is 9.74. The van der Waals surface area contributed by atoms with Gasteiger partial charge in [-0.05, 0) is 45.7 Å². The Kier molecular flexibility index (Phi) is 5.73. The van der Waals surface area contributed by atoms with Crippen LogP contribution in [0.15, 0.2) is 0 Å². The number of aliphatic hydroxyl groups is 1. The van der Waals surface area contributed by atoms with E-state index in [0.29, 0.717) is 13.2 Å². The number of hydrogen-bond donors (Lipinski definition) is 1. The summed E-state index contributed by atoms with van der Waals surface area (Å²) >= 11 is 0. The van der Waals surface area contributed by atoms with Gasteiger partial charge in [-0.3, -0.25) is 4.90 Å². The predicted octanol–water partition coefficient (Wildman–Crippen LogP) is 2.04. The summed E-state index contributed by atoms with van der Waals surface area (Å²) in [5.41, 5.74) is -0.0638. The van der Waals surface area contributed by atoms with Crippen molar-refractivity contribution in [2.45, 2.75) is 58.1 Å². The maximum Gasteiger partial charge on any atom is 0.0956 e. The molecule has 1 fully saturated rings. The van der Waals surface area contributed by atoms with Crippen molar-refractivity contribution in [3.8, 4) is 0 Å². The van der Waals surface area contributed by atoms with Gasteiger partial charge < -0.3 is 9.84 Å². The summed E-state index contributed by atoms with van der Waals surface area (Å²) in [6.07, 6.45) is 4.17. The van der Waals surface area contributed by atoms with Gasteiger partial charge in [0.15, 0.2) is 0 Å². The number of nitrogens with zero attached hydrogens (tertiary/aromatic N) is 1. The van der Waals surface area contributed by atoms with E-state index in [2.05, 4.69) is 18.7 Å². The molecule has 3 nitrogen and oxygen atoms in total. The van der Waals surface area contributed by atoms with Crippen LogP contribution in [0.5, 0.6) is 0 Å². The molecule has 3 heteroatoms. The Morgan fingerprint density at radius 3 is 2.19 bits per heavy atom. The van der Waals surface area contributed by atoms with Gasteiger partial charge in [0.05, 0.1) is 12.7 Å². The van der Waals surface area contributed by atoms with Crippen molar-refractivity contribution < 1.29 is 9.84 Å². The molecule has 1 aliphatic heterocycles.